The minimum atomic E-state index is -0.0718. The molecule has 0 spiro atoms. The van der Waals surface area contributed by atoms with E-state index in [1.165, 1.54) is 11.3 Å². The van der Waals surface area contributed by atoms with Gasteiger partial charge in [0.1, 0.15) is 0 Å². The van der Waals surface area contributed by atoms with Crippen LogP contribution in [-0.2, 0) is 0 Å². The van der Waals surface area contributed by atoms with Gasteiger partial charge in [-0.15, -0.1) is 17.9 Å². The van der Waals surface area contributed by atoms with E-state index in [1.807, 2.05) is 12.1 Å². The maximum absolute atomic E-state index is 5.69. The highest BCUT2D eigenvalue weighted by Crippen LogP contribution is 2.25. The van der Waals surface area contributed by atoms with Gasteiger partial charge in [0, 0.05) is 4.88 Å². The van der Waals surface area contributed by atoms with Crippen LogP contribution in [0.3, 0.4) is 0 Å². The Hall–Kier alpha value is -0.310. The highest BCUT2D eigenvalue weighted by Gasteiger charge is 2.02. The summed E-state index contributed by atoms with van der Waals surface area (Å²) in [6.07, 6.45) is 1.70. The lowest BCUT2D eigenvalue weighted by Crippen LogP contribution is -2.03. The first kappa shape index (κ1) is 7.79. The molecule has 0 saturated heterocycles. The molecule has 0 fully saturated rings. The average Bonchev–Trinajstić information content (AvgIpc) is 2.34. The van der Waals surface area contributed by atoms with Crippen molar-refractivity contribution < 1.29 is 0 Å². The molecule has 1 nitrogen and oxygen atoms in total. The molecule has 3 heteroatoms. The van der Waals surface area contributed by atoms with Crippen molar-refractivity contribution in [3.8, 4) is 0 Å². The Morgan fingerprint density at radius 3 is 2.80 bits per heavy atom. The van der Waals surface area contributed by atoms with Crippen LogP contribution in [0.1, 0.15) is 10.9 Å². The summed E-state index contributed by atoms with van der Waals surface area (Å²) >= 11 is 7.18. The zero-order valence-electron chi connectivity index (χ0n) is 5.38. The summed E-state index contributed by atoms with van der Waals surface area (Å²) in [6.45, 7) is 3.58. The molecule has 1 aromatic rings. The zero-order valence-corrected chi connectivity index (χ0v) is 6.95. The number of nitrogens with two attached hydrogens (primary N) is 1. The maximum atomic E-state index is 5.69. The van der Waals surface area contributed by atoms with Crippen molar-refractivity contribution in [1.82, 2.24) is 0 Å². The minimum Gasteiger partial charge on any atom is -0.320 e. The van der Waals surface area contributed by atoms with Gasteiger partial charge in [-0.1, -0.05) is 17.7 Å². The molecule has 1 heterocycles. The van der Waals surface area contributed by atoms with Crippen molar-refractivity contribution in [2.24, 2.45) is 5.73 Å². The molecule has 10 heavy (non-hydrogen) atoms. The second-order valence-corrected chi connectivity index (χ2v) is 3.65. The first-order chi connectivity index (χ1) is 4.74. The molecule has 0 aromatic carbocycles. The lowest BCUT2D eigenvalue weighted by atomic mass is 10.2. The van der Waals surface area contributed by atoms with Crippen LogP contribution in [-0.4, -0.2) is 0 Å². The lowest BCUT2D eigenvalue weighted by molar-refractivity contribution is 0.940. The Labute approximate surface area is 69.1 Å². The first-order valence-corrected chi connectivity index (χ1v) is 4.07. The second kappa shape index (κ2) is 3.19. The molecule has 54 valence electrons. The predicted molar refractivity (Wildman–Crippen MR) is 46.5 cm³/mol. The van der Waals surface area contributed by atoms with E-state index in [-0.39, 0.29) is 6.04 Å². The lowest BCUT2D eigenvalue weighted by Gasteiger charge is -1.98. The quantitative estimate of drug-likeness (QED) is 0.684. The standard InChI is InChI=1S/C7H8ClNS/c1-2-5(9)6-3-4-7(8)10-6/h2-5H,1,9H2/t5-/m0/s1. The monoisotopic (exact) mass is 173 g/mol. The fourth-order valence-corrected chi connectivity index (χ4v) is 1.68. The molecular formula is C7H8ClNS. The summed E-state index contributed by atoms with van der Waals surface area (Å²) in [6, 6.07) is 3.68. The Morgan fingerprint density at radius 1 is 1.70 bits per heavy atom. The number of hydrogen-bond donors (Lipinski definition) is 1. The highest BCUT2D eigenvalue weighted by molar-refractivity contribution is 7.16. The molecule has 0 aliphatic carbocycles. The molecule has 0 aliphatic rings. The van der Waals surface area contributed by atoms with Gasteiger partial charge in [0.15, 0.2) is 0 Å². The van der Waals surface area contributed by atoms with E-state index in [0.717, 1.165) is 9.21 Å². The number of hydrogen-bond acceptors (Lipinski definition) is 2. The Kier molecular flexibility index (Phi) is 2.49. The molecule has 0 saturated carbocycles. The summed E-state index contributed by atoms with van der Waals surface area (Å²) in [5, 5.41) is 0. The predicted octanol–water partition coefficient (Wildman–Crippen LogP) is 2.59. The van der Waals surface area contributed by atoms with Crippen LogP contribution in [0.25, 0.3) is 0 Å². The van der Waals surface area contributed by atoms with Crippen molar-refractivity contribution >= 4 is 22.9 Å². The van der Waals surface area contributed by atoms with Gasteiger partial charge in [-0.05, 0) is 12.1 Å². The van der Waals surface area contributed by atoms with Crippen LogP contribution in [0, 0.1) is 0 Å². The van der Waals surface area contributed by atoms with Crippen molar-refractivity contribution in [2.45, 2.75) is 6.04 Å². The molecule has 0 unspecified atom stereocenters. The van der Waals surface area contributed by atoms with Gasteiger partial charge in [0.05, 0.1) is 10.4 Å². The topological polar surface area (TPSA) is 26.0 Å². The number of halogens is 1. The van der Waals surface area contributed by atoms with Gasteiger partial charge in [-0.3, -0.25) is 0 Å². The molecule has 0 amide bonds. The van der Waals surface area contributed by atoms with Gasteiger partial charge in [0.2, 0.25) is 0 Å². The van der Waals surface area contributed by atoms with Crippen LogP contribution in [0.4, 0.5) is 0 Å². The third-order valence-electron chi connectivity index (χ3n) is 1.18. The summed E-state index contributed by atoms with van der Waals surface area (Å²) < 4.78 is 0.771. The third kappa shape index (κ3) is 1.59. The number of thiophene rings is 1. The Morgan fingerprint density at radius 2 is 2.40 bits per heavy atom. The van der Waals surface area contributed by atoms with Crippen LogP contribution in [0.15, 0.2) is 24.8 Å². The fraction of sp³-hybridized carbons (Fsp3) is 0.143. The van der Waals surface area contributed by atoms with E-state index in [0.29, 0.717) is 0 Å². The van der Waals surface area contributed by atoms with Crippen LogP contribution < -0.4 is 5.73 Å². The average molecular weight is 174 g/mol. The fourth-order valence-electron chi connectivity index (χ4n) is 0.624. The molecular weight excluding hydrogens is 166 g/mol. The van der Waals surface area contributed by atoms with Crippen LogP contribution in [0.2, 0.25) is 4.34 Å². The molecule has 1 rings (SSSR count). The van der Waals surface area contributed by atoms with Crippen molar-refractivity contribution in [3.05, 3.63) is 34.0 Å². The molecule has 1 aromatic heterocycles. The van der Waals surface area contributed by atoms with Gasteiger partial charge in [0.25, 0.3) is 0 Å². The maximum Gasteiger partial charge on any atom is 0.0931 e. The minimum absolute atomic E-state index is 0.0718. The van der Waals surface area contributed by atoms with E-state index in [2.05, 4.69) is 6.58 Å². The van der Waals surface area contributed by atoms with Crippen molar-refractivity contribution in [3.63, 3.8) is 0 Å². The second-order valence-electron chi connectivity index (χ2n) is 1.90. The van der Waals surface area contributed by atoms with Gasteiger partial charge in [-0.25, -0.2) is 0 Å². The van der Waals surface area contributed by atoms with Crippen LogP contribution in [0.5, 0.6) is 0 Å². The van der Waals surface area contributed by atoms with E-state index in [9.17, 15) is 0 Å². The van der Waals surface area contributed by atoms with Gasteiger partial charge < -0.3 is 5.73 Å². The van der Waals surface area contributed by atoms with Gasteiger partial charge in [-0.2, -0.15) is 0 Å². The van der Waals surface area contributed by atoms with E-state index in [4.69, 9.17) is 17.3 Å². The van der Waals surface area contributed by atoms with Crippen molar-refractivity contribution in [2.75, 3.05) is 0 Å². The Balaban J connectivity index is 2.84. The summed E-state index contributed by atoms with van der Waals surface area (Å²) in [5.41, 5.74) is 5.64. The van der Waals surface area contributed by atoms with Gasteiger partial charge >= 0.3 is 0 Å². The largest absolute Gasteiger partial charge is 0.320 e. The SMILES string of the molecule is C=C[C@H](N)c1ccc(Cl)s1. The normalized spacial score (nSPS) is 13.0. The van der Waals surface area contributed by atoms with E-state index < -0.39 is 0 Å². The summed E-state index contributed by atoms with van der Waals surface area (Å²) in [5.74, 6) is 0. The van der Waals surface area contributed by atoms with E-state index in [1.54, 1.807) is 6.08 Å². The molecule has 2 N–H and O–H groups in total. The van der Waals surface area contributed by atoms with Crippen molar-refractivity contribution in [1.29, 1.82) is 0 Å². The third-order valence-corrected chi connectivity index (χ3v) is 2.51. The number of rotatable bonds is 2. The molecule has 0 radical (unpaired) electrons. The van der Waals surface area contributed by atoms with Crippen LogP contribution >= 0.6 is 22.9 Å². The molecule has 0 bridgehead atoms. The molecule has 1 atom stereocenters. The zero-order chi connectivity index (χ0) is 7.56. The smallest absolute Gasteiger partial charge is 0.0931 e. The summed E-state index contributed by atoms with van der Waals surface area (Å²) in [7, 11) is 0. The Bertz CT molecular complexity index is 231. The van der Waals surface area contributed by atoms with E-state index >= 15 is 0 Å². The molecule has 0 aliphatic heterocycles. The first-order valence-electron chi connectivity index (χ1n) is 2.87. The summed E-state index contributed by atoms with van der Waals surface area (Å²) in [4.78, 5) is 1.06. The highest BCUT2D eigenvalue weighted by atomic mass is 35.5.